The molecule has 0 N–H and O–H groups in total. The second-order valence-corrected chi connectivity index (χ2v) is 7.36. The van der Waals surface area contributed by atoms with E-state index in [4.69, 9.17) is 14.2 Å². The second kappa shape index (κ2) is 9.05. The van der Waals surface area contributed by atoms with Crippen LogP contribution in [0, 0.1) is 6.92 Å². The van der Waals surface area contributed by atoms with Crippen LogP contribution in [-0.2, 0) is 4.79 Å². The molecule has 0 aliphatic carbocycles. The topological polar surface area (TPSA) is 60.4 Å². The summed E-state index contributed by atoms with van der Waals surface area (Å²) in [6, 6.07) is 11.5. The lowest BCUT2D eigenvalue weighted by molar-refractivity contribution is -0.122. The van der Waals surface area contributed by atoms with Gasteiger partial charge in [0.2, 0.25) is 5.75 Å². The zero-order chi connectivity index (χ0) is 21.0. The van der Waals surface area contributed by atoms with Crippen molar-refractivity contribution in [2.45, 2.75) is 13.8 Å². The monoisotopic (exact) mass is 412 g/mol. The molecule has 0 spiro atoms. The van der Waals surface area contributed by atoms with E-state index >= 15 is 0 Å². The average Bonchev–Trinajstić information content (AvgIpc) is 3.02. The molecule has 0 bridgehead atoms. The molecule has 0 radical (unpaired) electrons. The Labute approximate surface area is 175 Å². The van der Waals surface area contributed by atoms with Crippen LogP contribution in [-0.4, -0.2) is 43.8 Å². The van der Waals surface area contributed by atoms with E-state index in [0.29, 0.717) is 33.9 Å². The summed E-state index contributed by atoms with van der Waals surface area (Å²) >= 11 is 1.36. The number of ether oxygens (including phenoxy) is 3. The van der Waals surface area contributed by atoms with Crippen molar-refractivity contribution in [3.05, 3.63) is 52.4 Å². The van der Waals surface area contributed by atoms with Crippen molar-refractivity contribution in [1.82, 2.24) is 4.90 Å². The quantitative estimate of drug-likeness (QED) is 0.647. The summed E-state index contributed by atoms with van der Waals surface area (Å²) in [7, 11) is 4.69. The van der Waals surface area contributed by atoms with E-state index in [1.807, 2.05) is 56.3 Å². The smallest absolute Gasteiger partial charge is 0.266 e. The van der Waals surface area contributed by atoms with E-state index in [0.717, 1.165) is 11.3 Å². The van der Waals surface area contributed by atoms with Gasteiger partial charge >= 0.3 is 0 Å². The molecule has 1 saturated heterocycles. The minimum absolute atomic E-state index is 0.0721. The van der Waals surface area contributed by atoms with Gasteiger partial charge in [0.25, 0.3) is 5.91 Å². The number of hydrogen-bond acceptors (Lipinski definition) is 6. The summed E-state index contributed by atoms with van der Waals surface area (Å²) in [6.45, 7) is 4.51. The predicted octanol–water partition coefficient (Wildman–Crippen LogP) is 4.64. The highest BCUT2D eigenvalue weighted by Crippen LogP contribution is 2.40. The Morgan fingerprint density at radius 2 is 1.66 bits per heavy atom. The molecule has 1 fully saturated rings. The summed E-state index contributed by atoms with van der Waals surface area (Å²) in [6.07, 6.45) is 1.82. The molecule has 2 aromatic rings. The van der Waals surface area contributed by atoms with E-state index in [9.17, 15) is 4.79 Å². The van der Waals surface area contributed by atoms with Crippen LogP contribution in [0.25, 0.3) is 6.08 Å². The summed E-state index contributed by atoms with van der Waals surface area (Å²) < 4.78 is 16.2. The predicted molar refractivity (Wildman–Crippen MR) is 117 cm³/mol. The number of amides is 1. The fourth-order valence-corrected chi connectivity index (χ4v) is 4.00. The molecule has 0 aromatic heterocycles. The van der Waals surface area contributed by atoms with Gasteiger partial charge in [0.15, 0.2) is 16.7 Å². The van der Waals surface area contributed by atoms with Gasteiger partial charge in [-0.15, -0.1) is 0 Å². The molecule has 29 heavy (non-hydrogen) atoms. The van der Waals surface area contributed by atoms with E-state index in [2.05, 4.69) is 4.99 Å². The van der Waals surface area contributed by atoms with Crippen LogP contribution in [0.3, 0.4) is 0 Å². The third-order valence-corrected chi connectivity index (χ3v) is 5.45. The Hall–Kier alpha value is -2.93. The number of aliphatic imine (C=N–C) groups is 1. The number of thioether (sulfide) groups is 1. The molecule has 1 aliphatic rings. The third-order valence-electron chi connectivity index (χ3n) is 4.45. The van der Waals surface area contributed by atoms with E-state index in [-0.39, 0.29) is 5.91 Å². The summed E-state index contributed by atoms with van der Waals surface area (Å²) in [5.41, 5.74) is 2.76. The molecule has 1 amide bonds. The number of benzene rings is 2. The maximum absolute atomic E-state index is 12.9. The number of nitrogens with zero attached hydrogens (tertiary/aromatic N) is 2. The molecule has 1 aliphatic heterocycles. The van der Waals surface area contributed by atoms with Gasteiger partial charge in [-0.1, -0.05) is 17.7 Å². The first-order valence-electron chi connectivity index (χ1n) is 9.17. The molecule has 2 aromatic carbocycles. The Morgan fingerprint density at radius 3 is 2.17 bits per heavy atom. The lowest BCUT2D eigenvalue weighted by Gasteiger charge is -2.13. The molecule has 152 valence electrons. The van der Waals surface area contributed by atoms with Crippen molar-refractivity contribution in [3.8, 4) is 17.2 Å². The SMILES string of the molecule is CCN1C(=O)/C(=C\c2cc(OC)c(OC)c(OC)c2)SC1=Nc1ccc(C)cc1. The van der Waals surface area contributed by atoms with Gasteiger partial charge in [-0.3, -0.25) is 9.69 Å². The molecule has 0 atom stereocenters. The van der Waals surface area contributed by atoms with Crippen LogP contribution >= 0.6 is 11.8 Å². The summed E-state index contributed by atoms with van der Waals surface area (Å²) in [4.78, 5) is 19.8. The Balaban J connectivity index is 1.98. The van der Waals surface area contributed by atoms with Crippen LogP contribution in [0.1, 0.15) is 18.1 Å². The zero-order valence-corrected chi connectivity index (χ0v) is 18.0. The average molecular weight is 413 g/mol. The second-order valence-electron chi connectivity index (χ2n) is 6.35. The minimum atomic E-state index is -0.0721. The Bertz CT molecular complexity index is 942. The van der Waals surface area contributed by atoms with Gasteiger partial charge in [-0.05, 0) is 61.5 Å². The molecule has 6 nitrogen and oxygen atoms in total. The summed E-state index contributed by atoms with van der Waals surface area (Å²) in [5, 5.41) is 0.667. The van der Waals surface area contributed by atoms with E-state index < -0.39 is 0 Å². The number of amidine groups is 1. The molecule has 7 heteroatoms. The molecular formula is C22H24N2O4S. The van der Waals surface area contributed by atoms with Crippen LogP contribution in [0.5, 0.6) is 17.2 Å². The molecular weight excluding hydrogens is 388 g/mol. The fraction of sp³-hybridized carbons (Fsp3) is 0.273. The Morgan fingerprint density at radius 1 is 1.03 bits per heavy atom. The first-order valence-corrected chi connectivity index (χ1v) is 9.99. The zero-order valence-electron chi connectivity index (χ0n) is 17.2. The molecule has 1 heterocycles. The van der Waals surface area contributed by atoms with Crippen molar-refractivity contribution in [2.24, 2.45) is 4.99 Å². The number of carbonyl (C=O) groups excluding carboxylic acids is 1. The highest BCUT2D eigenvalue weighted by Gasteiger charge is 2.32. The maximum Gasteiger partial charge on any atom is 0.266 e. The fourth-order valence-electron chi connectivity index (χ4n) is 2.94. The minimum Gasteiger partial charge on any atom is -0.493 e. The third kappa shape index (κ3) is 4.40. The lowest BCUT2D eigenvalue weighted by atomic mass is 10.1. The van der Waals surface area contributed by atoms with Gasteiger partial charge in [0, 0.05) is 6.54 Å². The highest BCUT2D eigenvalue weighted by molar-refractivity contribution is 8.18. The molecule has 3 rings (SSSR count). The van der Waals surface area contributed by atoms with Crippen LogP contribution in [0.4, 0.5) is 5.69 Å². The first-order chi connectivity index (χ1) is 14.0. The van der Waals surface area contributed by atoms with Gasteiger partial charge in [0.1, 0.15) is 0 Å². The van der Waals surface area contributed by atoms with Crippen molar-refractivity contribution in [1.29, 1.82) is 0 Å². The standard InChI is InChI=1S/C22H24N2O4S/c1-6-24-21(25)19(29-22(24)23-16-9-7-14(2)8-10-16)13-15-11-17(26-3)20(28-5)18(12-15)27-4/h7-13H,6H2,1-5H3/b19-13+,23-22?. The van der Waals surface area contributed by atoms with Crippen molar-refractivity contribution in [2.75, 3.05) is 27.9 Å². The number of hydrogen-bond donors (Lipinski definition) is 0. The first kappa shape index (κ1) is 20.8. The molecule has 0 saturated carbocycles. The number of methoxy groups -OCH3 is 3. The van der Waals surface area contributed by atoms with Crippen LogP contribution in [0.2, 0.25) is 0 Å². The van der Waals surface area contributed by atoms with Crippen molar-refractivity contribution < 1.29 is 19.0 Å². The van der Waals surface area contributed by atoms with Gasteiger partial charge in [-0.25, -0.2) is 4.99 Å². The number of aryl methyl sites for hydroxylation is 1. The van der Waals surface area contributed by atoms with Crippen LogP contribution < -0.4 is 14.2 Å². The van der Waals surface area contributed by atoms with E-state index in [1.54, 1.807) is 26.2 Å². The lowest BCUT2D eigenvalue weighted by Crippen LogP contribution is -2.28. The number of rotatable bonds is 6. The van der Waals surface area contributed by atoms with Crippen LogP contribution in [0.15, 0.2) is 46.3 Å². The maximum atomic E-state index is 12.9. The van der Waals surface area contributed by atoms with Gasteiger partial charge in [0.05, 0.1) is 31.9 Å². The molecule has 0 unspecified atom stereocenters. The van der Waals surface area contributed by atoms with E-state index in [1.165, 1.54) is 17.3 Å². The van der Waals surface area contributed by atoms with Crippen molar-refractivity contribution in [3.63, 3.8) is 0 Å². The summed E-state index contributed by atoms with van der Waals surface area (Å²) in [5.74, 6) is 1.52. The number of likely N-dealkylation sites (N-methyl/N-ethyl adjacent to an activating group) is 1. The highest BCUT2D eigenvalue weighted by atomic mass is 32.2. The Kier molecular flexibility index (Phi) is 6.49. The van der Waals surface area contributed by atoms with Crippen molar-refractivity contribution >= 4 is 34.6 Å². The largest absolute Gasteiger partial charge is 0.493 e. The number of carbonyl (C=O) groups is 1. The normalized spacial score (nSPS) is 16.6. The van der Waals surface area contributed by atoms with Gasteiger partial charge in [-0.2, -0.15) is 0 Å². The van der Waals surface area contributed by atoms with Gasteiger partial charge < -0.3 is 14.2 Å².